The molecule has 1 heterocycles. The summed E-state index contributed by atoms with van der Waals surface area (Å²) in [7, 11) is 1.97. The molecule has 0 aromatic rings. The molecule has 0 bridgehead atoms. The lowest BCUT2D eigenvalue weighted by atomic mass is 10.2. The summed E-state index contributed by atoms with van der Waals surface area (Å²) in [5.74, 6) is 0. The highest BCUT2D eigenvalue weighted by molar-refractivity contribution is 4.50. The van der Waals surface area contributed by atoms with Crippen molar-refractivity contribution in [3.8, 4) is 0 Å². The van der Waals surface area contributed by atoms with Gasteiger partial charge in [-0.05, 0) is 19.3 Å². The first-order valence-corrected chi connectivity index (χ1v) is 3.48. The van der Waals surface area contributed by atoms with Gasteiger partial charge in [0, 0.05) is 13.6 Å². The van der Waals surface area contributed by atoms with Crippen molar-refractivity contribution in [2.75, 3.05) is 20.1 Å². The first-order chi connectivity index (χ1) is 4.39. The fourth-order valence-corrected chi connectivity index (χ4v) is 0.897. The molecule has 0 radical (unpaired) electrons. The molecule has 1 rings (SSSR count). The average molecular weight is 127 g/mol. The van der Waals surface area contributed by atoms with Gasteiger partial charge in [0.05, 0.1) is 6.54 Å². The van der Waals surface area contributed by atoms with Crippen molar-refractivity contribution in [1.29, 1.82) is 0 Å². The third-order valence-corrected chi connectivity index (χ3v) is 1.46. The molecule has 0 aromatic heterocycles. The Morgan fingerprint density at radius 3 is 3.00 bits per heavy atom. The molecule has 1 aliphatic heterocycles. The quantitative estimate of drug-likeness (QED) is 0.484. The van der Waals surface area contributed by atoms with Crippen LogP contribution in [0.4, 0.5) is 0 Å². The Balaban J connectivity index is 2.30. The predicted molar refractivity (Wildman–Crippen MR) is 36.2 cm³/mol. The molecule has 52 valence electrons. The molecule has 3 nitrogen and oxygen atoms in total. The second kappa shape index (κ2) is 3.43. The maximum absolute atomic E-state index is 3.96. The van der Waals surface area contributed by atoms with E-state index in [1.54, 1.807) is 0 Å². The van der Waals surface area contributed by atoms with Crippen molar-refractivity contribution in [2.24, 2.45) is 10.3 Å². The second-order valence-corrected chi connectivity index (χ2v) is 2.40. The Hall–Kier alpha value is -0.600. The summed E-state index contributed by atoms with van der Waals surface area (Å²) in [4.78, 5) is 0. The lowest BCUT2D eigenvalue weighted by Gasteiger charge is -2.12. The minimum Gasteiger partial charge on any atom is -0.282 e. The van der Waals surface area contributed by atoms with Crippen molar-refractivity contribution in [3.63, 3.8) is 0 Å². The van der Waals surface area contributed by atoms with Gasteiger partial charge >= 0.3 is 0 Å². The van der Waals surface area contributed by atoms with Gasteiger partial charge < -0.3 is 0 Å². The van der Waals surface area contributed by atoms with Gasteiger partial charge in [0.1, 0.15) is 0 Å². The number of nitrogens with zero attached hydrogens (tertiary/aromatic N) is 3. The van der Waals surface area contributed by atoms with Gasteiger partial charge in [0.15, 0.2) is 0 Å². The molecule has 0 N–H and O–H groups in total. The SMILES string of the molecule is CN1CCCCCN=N1. The van der Waals surface area contributed by atoms with Gasteiger partial charge in [-0.1, -0.05) is 5.22 Å². The van der Waals surface area contributed by atoms with Gasteiger partial charge in [0.25, 0.3) is 0 Å². The second-order valence-electron chi connectivity index (χ2n) is 2.40. The minimum absolute atomic E-state index is 0.907. The van der Waals surface area contributed by atoms with E-state index in [1.807, 2.05) is 12.1 Å². The van der Waals surface area contributed by atoms with Crippen LogP contribution >= 0.6 is 0 Å². The fourth-order valence-electron chi connectivity index (χ4n) is 0.897. The van der Waals surface area contributed by atoms with Gasteiger partial charge in [0.2, 0.25) is 0 Å². The largest absolute Gasteiger partial charge is 0.282 e. The van der Waals surface area contributed by atoms with Crippen LogP contribution in [0.5, 0.6) is 0 Å². The normalized spacial score (nSPS) is 21.2. The smallest absolute Gasteiger partial charge is 0.0620 e. The standard InChI is InChI=1S/C6H13N3/c1-9-6-4-2-3-5-7-8-9/h2-6H2,1H3. The van der Waals surface area contributed by atoms with Crippen molar-refractivity contribution >= 4 is 0 Å². The molecule has 9 heavy (non-hydrogen) atoms. The van der Waals surface area contributed by atoms with Crippen LogP contribution in [0.25, 0.3) is 0 Å². The highest BCUT2D eigenvalue weighted by Crippen LogP contribution is 2.02. The molecule has 0 spiro atoms. The molecule has 0 amide bonds. The third kappa shape index (κ3) is 2.44. The Labute approximate surface area is 55.7 Å². The fraction of sp³-hybridized carbons (Fsp3) is 1.00. The average Bonchev–Trinajstić information content (AvgIpc) is 1.79. The maximum atomic E-state index is 3.96. The summed E-state index contributed by atoms with van der Waals surface area (Å²) in [6, 6.07) is 0. The summed E-state index contributed by atoms with van der Waals surface area (Å²) in [5.41, 5.74) is 0. The molecule has 0 aliphatic carbocycles. The molecule has 0 unspecified atom stereocenters. The number of rotatable bonds is 0. The van der Waals surface area contributed by atoms with Crippen LogP contribution in [0.1, 0.15) is 19.3 Å². The van der Waals surface area contributed by atoms with Gasteiger partial charge in [-0.2, -0.15) is 5.11 Å². The molecule has 1 aliphatic rings. The van der Waals surface area contributed by atoms with Crippen molar-refractivity contribution in [2.45, 2.75) is 19.3 Å². The van der Waals surface area contributed by atoms with E-state index < -0.39 is 0 Å². The first kappa shape index (κ1) is 6.52. The van der Waals surface area contributed by atoms with E-state index in [1.165, 1.54) is 19.3 Å². The van der Waals surface area contributed by atoms with E-state index >= 15 is 0 Å². The molecule has 0 saturated heterocycles. The zero-order valence-corrected chi connectivity index (χ0v) is 5.88. The van der Waals surface area contributed by atoms with Crippen LogP contribution in [0, 0.1) is 0 Å². The van der Waals surface area contributed by atoms with E-state index in [-0.39, 0.29) is 0 Å². The Morgan fingerprint density at radius 2 is 2.11 bits per heavy atom. The lowest BCUT2D eigenvalue weighted by molar-refractivity contribution is 0.304. The highest BCUT2D eigenvalue weighted by Gasteiger charge is 1.96. The van der Waals surface area contributed by atoms with Gasteiger partial charge in [-0.3, -0.25) is 5.01 Å². The predicted octanol–water partition coefficient (Wildman–Crippen LogP) is 1.47. The van der Waals surface area contributed by atoms with Gasteiger partial charge in [-0.15, -0.1) is 0 Å². The van der Waals surface area contributed by atoms with Crippen LogP contribution in [-0.4, -0.2) is 25.1 Å². The van der Waals surface area contributed by atoms with Crippen LogP contribution in [0.3, 0.4) is 0 Å². The van der Waals surface area contributed by atoms with E-state index in [9.17, 15) is 0 Å². The van der Waals surface area contributed by atoms with Crippen molar-refractivity contribution < 1.29 is 0 Å². The van der Waals surface area contributed by atoms with Crippen LogP contribution < -0.4 is 0 Å². The molecule has 0 aromatic carbocycles. The maximum Gasteiger partial charge on any atom is 0.0620 e. The Kier molecular flexibility index (Phi) is 2.48. The monoisotopic (exact) mass is 127 g/mol. The van der Waals surface area contributed by atoms with Crippen molar-refractivity contribution in [3.05, 3.63) is 0 Å². The zero-order chi connectivity index (χ0) is 6.53. The Morgan fingerprint density at radius 1 is 1.22 bits per heavy atom. The van der Waals surface area contributed by atoms with E-state index in [2.05, 4.69) is 10.3 Å². The van der Waals surface area contributed by atoms with Crippen molar-refractivity contribution in [1.82, 2.24) is 5.01 Å². The van der Waals surface area contributed by atoms with E-state index in [4.69, 9.17) is 0 Å². The summed E-state index contributed by atoms with van der Waals surface area (Å²) in [6.07, 6.45) is 3.76. The molecule has 0 saturated carbocycles. The third-order valence-electron chi connectivity index (χ3n) is 1.46. The molecule has 0 fully saturated rings. The summed E-state index contributed by atoms with van der Waals surface area (Å²) < 4.78 is 0. The van der Waals surface area contributed by atoms with Gasteiger partial charge in [-0.25, -0.2) is 0 Å². The summed E-state index contributed by atoms with van der Waals surface area (Å²) in [5, 5.41) is 9.81. The van der Waals surface area contributed by atoms with Crippen LogP contribution in [0.15, 0.2) is 10.3 Å². The molecule has 3 heteroatoms. The lowest BCUT2D eigenvalue weighted by Crippen LogP contribution is -2.13. The highest BCUT2D eigenvalue weighted by atomic mass is 15.5. The number of hydrogen-bond acceptors (Lipinski definition) is 3. The molecule has 0 atom stereocenters. The Bertz CT molecular complexity index is 100. The van der Waals surface area contributed by atoms with E-state index in [0.717, 1.165) is 13.1 Å². The minimum atomic E-state index is 0.907. The van der Waals surface area contributed by atoms with E-state index in [0.29, 0.717) is 0 Å². The molecular formula is C6H13N3. The first-order valence-electron chi connectivity index (χ1n) is 3.48. The van der Waals surface area contributed by atoms with Crippen LogP contribution in [-0.2, 0) is 0 Å². The summed E-state index contributed by atoms with van der Waals surface area (Å²) >= 11 is 0. The van der Waals surface area contributed by atoms with Crippen LogP contribution in [0.2, 0.25) is 0 Å². The zero-order valence-electron chi connectivity index (χ0n) is 5.88. The topological polar surface area (TPSA) is 28.0 Å². The molecular weight excluding hydrogens is 114 g/mol. The number of hydrogen-bond donors (Lipinski definition) is 0. The summed E-state index contributed by atoms with van der Waals surface area (Å²) in [6.45, 7) is 1.97.